The van der Waals surface area contributed by atoms with Gasteiger partial charge in [0.05, 0.1) is 17.9 Å². The highest BCUT2D eigenvalue weighted by Gasteiger charge is 2.29. The molecule has 8 nitrogen and oxygen atoms in total. The van der Waals surface area contributed by atoms with E-state index in [0.717, 1.165) is 35.6 Å². The monoisotopic (exact) mass is 330 g/mol. The van der Waals surface area contributed by atoms with Crippen molar-refractivity contribution in [2.45, 2.75) is 19.4 Å². The molecule has 1 amide bonds. The Labute approximate surface area is 140 Å². The van der Waals surface area contributed by atoms with Gasteiger partial charge < -0.3 is 20.6 Å². The Bertz CT molecular complexity index is 772. The number of hydrogen-bond acceptors (Lipinski definition) is 5. The van der Waals surface area contributed by atoms with Crippen LogP contribution in [0, 0.1) is 6.92 Å². The third-order valence-corrected chi connectivity index (χ3v) is 4.72. The van der Waals surface area contributed by atoms with Crippen LogP contribution in [0.3, 0.4) is 0 Å². The molecule has 3 N–H and O–H groups in total. The van der Waals surface area contributed by atoms with Crippen LogP contribution in [0.15, 0.2) is 18.3 Å². The normalized spacial score (nSPS) is 17.3. The van der Waals surface area contributed by atoms with Gasteiger partial charge in [-0.25, -0.2) is 9.78 Å². The lowest BCUT2D eigenvalue weighted by Gasteiger charge is -2.23. The molecule has 0 radical (unpaired) electrons. The van der Waals surface area contributed by atoms with Crippen molar-refractivity contribution in [2.75, 3.05) is 30.8 Å². The maximum atomic E-state index is 11.1. The van der Waals surface area contributed by atoms with Gasteiger partial charge in [0.1, 0.15) is 5.82 Å². The lowest BCUT2D eigenvalue weighted by atomic mass is 10.1. The lowest BCUT2D eigenvalue weighted by Crippen LogP contribution is -2.38. The summed E-state index contributed by atoms with van der Waals surface area (Å²) < 4.78 is 1.80. The summed E-state index contributed by atoms with van der Waals surface area (Å²) in [5.41, 5.74) is 9.70. The fraction of sp³-hybridized carbons (Fsp3) is 0.438. The van der Waals surface area contributed by atoms with E-state index in [1.165, 1.54) is 4.90 Å². The van der Waals surface area contributed by atoms with Gasteiger partial charge in [-0.1, -0.05) is 0 Å². The smallest absolute Gasteiger partial charge is 0.407 e. The molecule has 0 spiro atoms. The largest absolute Gasteiger partial charge is 0.465 e. The van der Waals surface area contributed by atoms with E-state index in [-0.39, 0.29) is 6.04 Å². The van der Waals surface area contributed by atoms with Crippen LogP contribution in [0.5, 0.6) is 0 Å². The topological polar surface area (TPSA) is 101 Å². The Morgan fingerprint density at radius 3 is 2.83 bits per heavy atom. The first kappa shape index (κ1) is 16.1. The third-order valence-electron chi connectivity index (χ3n) is 4.72. The van der Waals surface area contributed by atoms with Crippen LogP contribution in [0.25, 0.3) is 11.3 Å². The summed E-state index contributed by atoms with van der Waals surface area (Å²) in [7, 11) is 3.50. The van der Waals surface area contributed by atoms with E-state index < -0.39 is 6.09 Å². The van der Waals surface area contributed by atoms with Crippen LogP contribution in [0.1, 0.15) is 12.1 Å². The maximum absolute atomic E-state index is 11.1. The zero-order valence-corrected chi connectivity index (χ0v) is 14.1. The highest BCUT2D eigenvalue weighted by atomic mass is 16.4. The van der Waals surface area contributed by atoms with Crippen molar-refractivity contribution in [3.63, 3.8) is 0 Å². The van der Waals surface area contributed by atoms with Gasteiger partial charge in [0.25, 0.3) is 0 Å². The number of amides is 1. The summed E-state index contributed by atoms with van der Waals surface area (Å²) in [6, 6.07) is 3.81. The number of nitrogen functional groups attached to an aromatic ring is 1. The predicted molar refractivity (Wildman–Crippen MR) is 92.0 cm³/mol. The van der Waals surface area contributed by atoms with E-state index in [0.29, 0.717) is 12.4 Å². The number of carboxylic acid groups (broad SMARTS) is 1. The number of likely N-dealkylation sites (N-methyl/N-ethyl adjacent to an activating group) is 1. The fourth-order valence-corrected chi connectivity index (χ4v) is 3.06. The maximum Gasteiger partial charge on any atom is 0.407 e. The van der Waals surface area contributed by atoms with E-state index in [9.17, 15) is 4.79 Å². The molecule has 0 unspecified atom stereocenters. The van der Waals surface area contributed by atoms with Crippen molar-refractivity contribution < 1.29 is 9.90 Å². The number of aromatic nitrogens is 3. The minimum Gasteiger partial charge on any atom is -0.465 e. The van der Waals surface area contributed by atoms with E-state index >= 15 is 0 Å². The lowest BCUT2D eigenvalue weighted by molar-refractivity contribution is 0.142. The van der Waals surface area contributed by atoms with Crippen LogP contribution >= 0.6 is 0 Å². The Morgan fingerprint density at radius 2 is 2.21 bits per heavy atom. The molecule has 1 aliphatic rings. The summed E-state index contributed by atoms with van der Waals surface area (Å²) in [4.78, 5) is 19.1. The number of anilines is 2. The zero-order valence-electron chi connectivity index (χ0n) is 14.1. The molecule has 8 heteroatoms. The summed E-state index contributed by atoms with van der Waals surface area (Å²) in [6.07, 6.45) is 1.68. The molecule has 1 saturated heterocycles. The Hall–Kier alpha value is -2.77. The van der Waals surface area contributed by atoms with Gasteiger partial charge in [-0.05, 0) is 19.4 Å². The molecule has 3 rings (SSSR count). The fourth-order valence-electron chi connectivity index (χ4n) is 3.06. The second-order valence-corrected chi connectivity index (χ2v) is 6.18. The average Bonchev–Trinajstić information content (AvgIpc) is 3.14. The van der Waals surface area contributed by atoms with Gasteiger partial charge in [0.15, 0.2) is 0 Å². The second kappa shape index (κ2) is 6.03. The van der Waals surface area contributed by atoms with Gasteiger partial charge in [0.2, 0.25) is 0 Å². The molecule has 1 aliphatic heterocycles. The summed E-state index contributed by atoms with van der Waals surface area (Å²) in [6.45, 7) is 3.43. The second-order valence-electron chi connectivity index (χ2n) is 6.18. The molecule has 0 saturated carbocycles. The molecule has 2 aromatic rings. The molecular formula is C16H22N6O2. The minimum atomic E-state index is -0.900. The predicted octanol–water partition coefficient (Wildman–Crippen LogP) is 1.56. The molecule has 24 heavy (non-hydrogen) atoms. The molecule has 0 aliphatic carbocycles. The average molecular weight is 330 g/mol. The highest BCUT2D eigenvalue weighted by Crippen LogP contribution is 2.29. The molecule has 0 aromatic carbocycles. The summed E-state index contributed by atoms with van der Waals surface area (Å²) in [5, 5.41) is 13.4. The molecular weight excluding hydrogens is 308 g/mol. The molecule has 1 atom stereocenters. The van der Waals surface area contributed by atoms with E-state index in [2.05, 4.69) is 15.0 Å². The van der Waals surface area contributed by atoms with Crippen LogP contribution in [-0.2, 0) is 7.05 Å². The van der Waals surface area contributed by atoms with Crippen LogP contribution in [0.2, 0.25) is 0 Å². The van der Waals surface area contributed by atoms with Crippen LogP contribution in [-0.4, -0.2) is 57.0 Å². The zero-order chi connectivity index (χ0) is 17.4. The Kier molecular flexibility index (Phi) is 4.04. The first-order chi connectivity index (χ1) is 11.4. The quantitative estimate of drug-likeness (QED) is 0.886. The van der Waals surface area contributed by atoms with Crippen molar-refractivity contribution in [1.29, 1.82) is 0 Å². The van der Waals surface area contributed by atoms with E-state index in [4.69, 9.17) is 10.8 Å². The number of nitrogens with two attached hydrogens (primary N) is 1. The van der Waals surface area contributed by atoms with Crippen molar-refractivity contribution in [3.8, 4) is 11.3 Å². The van der Waals surface area contributed by atoms with Crippen molar-refractivity contribution in [3.05, 3.63) is 24.0 Å². The number of nitrogens with zero attached hydrogens (tertiary/aromatic N) is 5. The minimum absolute atomic E-state index is 0.0135. The number of rotatable bonds is 3. The van der Waals surface area contributed by atoms with Crippen molar-refractivity contribution >= 4 is 17.6 Å². The first-order valence-electron chi connectivity index (χ1n) is 7.84. The first-order valence-corrected chi connectivity index (χ1v) is 7.84. The Balaban J connectivity index is 1.88. The number of aryl methyl sites for hydroxylation is 1. The molecule has 0 bridgehead atoms. The van der Waals surface area contributed by atoms with Crippen LogP contribution in [0.4, 0.5) is 16.3 Å². The number of pyridine rings is 1. The standard InChI is InChI=1S/C16H22N6O2/c1-10-13(8-18-21(10)3)14-6-12(7-15(17)19-14)22-5-4-11(9-22)20(2)16(23)24/h6-8,11H,4-5,9H2,1-3H3,(H2,17,19)(H,23,24)/t11-/m1/s1. The summed E-state index contributed by atoms with van der Waals surface area (Å²) in [5.74, 6) is 0.445. The third kappa shape index (κ3) is 2.86. The van der Waals surface area contributed by atoms with Gasteiger partial charge in [-0.15, -0.1) is 0 Å². The van der Waals surface area contributed by atoms with E-state index in [1.807, 2.05) is 26.1 Å². The van der Waals surface area contributed by atoms with Gasteiger partial charge in [-0.3, -0.25) is 4.68 Å². The summed E-state index contributed by atoms with van der Waals surface area (Å²) >= 11 is 0. The van der Waals surface area contributed by atoms with E-state index in [1.54, 1.807) is 17.9 Å². The molecule has 2 aromatic heterocycles. The number of carbonyl (C=O) groups is 1. The molecule has 1 fully saturated rings. The highest BCUT2D eigenvalue weighted by molar-refractivity contribution is 5.70. The van der Waals surface area contributed by atoms with Crippen molar-refractivity contribution in [1.82, 2.24) is 19.7 Å². The Morgan fingerprint density at radius 1 is 1.46 bits per heavy atom. The van der Waals surface area contributed by atoms with Gasteiger partial charge in [0, 0.05) is 50.2 Å². The van der Waals surface area contributed by atoms with Gasteiger partial charge in [-0.2, -0.15) is 5.10 Å². The number of hydrogen-bond donors (Lipinski definition) is 2. The molecule has 3 heterocycles. The van der Waals surface area contributed by atoms with Gasteiger partial charge >= 0.3 is 6.09 Å². The van der Waals surface area contributed by atoms with Crippen molar-refractivity contribution in [2.24, 2.45) is 7.05 Å². The SMILES string of the molecule is Cc1c(-c2cc(N3CC[C@@H](N(C)C(=O)O)C3)cc(N)n2)cnn1C. The van der Waals surface area contributed by atoms with Crippen LogP contribution < -0.4 is 10.6 Å². The molecule has 128 valence electrons.